The molecule has 1 aliphatic heterocycles. The summed E-state index contributed by atoms with van der Waals surface area (Å²) in [4.78, 5) is 16.3. The highest BCUT2D eigenvalue weighted by Gasteiger charge is 2.15. The standard InChI is InChI=1S/C20H26N4O/c1-2-3-10-22-20(25)19(16-21)17-24-14-12-23(13-15-24)11-9-18-7-5-4-6-8-18/h4-9,11,17H,2-3,10,12-15H2,1H3,(H,22,25). The summed E-state index contributed by atoms with van der Waals surface area (Å²) < 4.78 is 0. The van der Waals surface area contributed by atoms with Crippen molar-refractivity contribution in [3.63, 3.8) is 0 Å². The quantitative estimate of drug-likeness (QED) is 0.472. The van der Waals surface area contributed by atoms with Crippen LogP contribution in [0, 0.1) is 11.3 Å². The molecule has 2 rings (SSSR count). The van der Waals surface area contributed by atoms with Gasteiger partial charge in [-0.1, -0.05) is 43.7 Å². The van der Waals surface area contributed by atoms with Crippen LogP contribution < -0.4 is 5.32 Å². The molecule has 1 N–H and O–H groups in total. The van der Waals surface area contributed by atoms with Gasteiger partial charge in [0.15, 0.2) is 0 Å². The lowest BCUT2D eigenvalue weighted by Crippen LogP contribution is -2.41. The lowest BCUT2D eigenvalue weighted by atomic mass is 10.2. The van der Waals surface area contributed by atoms with E-state index in [1.54, 1.807) is 6.20 Å². The second-order valence-corrected chi connectivity index (χ2v) is 6.06. The van der Waals surface area contributed by atoms with Gasteiger partial charge in [-0.3, -0.25) is 4.79 Å². The van der Waals surface area contributed by atoms with Crippen LogP contribution in [0.25, 0.3) is 6.08 Å². The zero-order valence-electron chi connectivity index (χ0n) is 14.8. The number of nitrogens with zero attached hydrogens (tertiary/aromatic N) is 3. The Balaban J connectivity index is 1.83. The maximum atomic E-state index is 12.0. The normalized spacial score (nSPS) is 15.3. The van der Waals surface area contributed by atoms with E-state index < -0.39 is 0 Å². The lowest BCUT2D eigenvalue weighted by Gasteiger charge is -2.33. The maximum Gasteiger partial charge on any atom is 0.263 e. The molecule has 0 saturated carbocycles. The van der Waals surface area contributed by atoms with Gasteiger partial charge in [-0.15, -0.1) is 0 Å². The molecule has 1 aromatic rings. The summed E-state index contributed by atoms with van der Waals surface area (Å²) >= 11 is 0. The summed E-state index contributed by atoms with van der Waals surface area (Å²) in [6.45, 7) is 6.02. The van der Waals surface area contributed by atoms with Gasteiger partial charge in [-0.25, -0.2) is 0 Å². The minimum atomic E-state index is -0.276. The van der Waals surface area contributed by atoms with Crippen LogP contribution in [0.3, 0.4) is 0 Å². The number of benzene rings is 1. The number of nitriles is 1. The zero-order chi connectivity index (χ0) is 17.9. The number of carbonyl (C=O) groups excluding carboxylic acids is 1. The first-order chi connectivity index (χ1) is 12.2. The Kier molecular flexibility index (Phi) is 7.58. The minimum Gasteiger partial charge on any atom is -0.374 e. The second kappa shape index (κ2) is 10.2. The highest BCUT2D eigenvalue weighted by molar-refractivity contribution is 5.97. The fraction of sp³-hybridized carbons (Fsp3) is 0.400. The molecular formula is C20H26N4O. The van der Waals surface area contributed by atoms with Crippen molar-refractivity contribution < 1.29 is 4.79 Å². The molecule has 0 aromatic heterocycles. The first kappa shape index (κ1) is 18.6. The molecule has 1 saturated heterocycles. The van der Waals surface area contributed by atoms with Crippen LogP contribution in [-0.2, 0) is 4.79 Å². The van der Waals surface area contributed by atoms with Crippen molar-refractivity contribution in [3.8, 4) is 6.07 Å². The molecule has 1 aliphatic rings. The molecule has 132 valence electrons. The largest absolute Gasteiger partial charge is 0.374 e. The van der Waals surface area contributed by atoms with Crippen molar-refractivity contribution >= 4 is 12.0 Å². The Bertz CT molecular complexity index is 637. The molecule has 25 heavy (non-hydrogen) atoms. The molecule has 0 spiro atoms. The van der Waals surface area contributed by atoms with Gasteiger partial charge < -0.3 is 15.1 Å². The Hall–Kier alpha value is -2.74. The molecule has 5 heteroatoms. The van der Waals surface area contributed by atoms with Gasteiger partial charge in [-0.05, 0) is 24.3 Å². The number of piperazine rings is 1. The monoisotopic (exact) mass is 338 g/mol. The van der Waals surface area contributed by atoms with E-state index in [0.29, 0.717) is 6.54 Å². The molecule has 1 heterocycles. The molecule has 0 unspecified atom stereocenters. The predicted octanol–water partition coefficient (Wildman–Crippen LogP) is 2.60. The van der Waals surface area contributed by atoms with Gasteiger partial charge in [-0.2, -0.15) is 5.26 Å². The van der Waals surface area contributed by atoms with Gasteiger partial charge in [0, 0.05) is 38.9 Å². The SMILES string of the molecule is CCCCNC(=O)C(C#N)=CN1CCN(C=Cc2ccccc2)CC1. The molecule has 1 aromatic carbocycles. The average Bonchev–Trinajstić information content (AvgIpc) is 2.66. The molecule has 0 aliphatic carbocycles. The fourth-order valence-corrected chi connectivity index (χ4v) is 2.57. The Morgan fingerprint density at radius 3 is 2.52 bits per heavy atom. The van der Waals surface area contributed by atoms with E-state index in [0.717, 1.165) is 39.0 Å². The van der Waals surface area contributed by atoms with Crippen molar-refractivity contribution in [2.75, 3.05) is 32.7 Å². The first-order valence-corrected chi connectivity index (χ1v) is 8.84. The third kappa shape index (κ3) is 6.34. The van der Waals surface area contributed by atoms with Crippen LogP contribution in [-0.4, -0.2) is 48.4 Å². The second-order valence-electron chi connectivity index (χ2n) is 6.06. The van der Waals surface area contributed by atoms with E-state index >= 15 is 0 Å². The number of carbonyl (C=O) groups is 1. The first-order valence-electron chi connectivity index (χ1n) is 8.84. The smallest absolute Gasteiger partial charge is 0.263 e. The predicted molar refractivity (Wildman–Crippen MR) is 100 cm³/mol. The van der Waals surface area contributed by atoms with Crippen LogP contribution in [0.15, 0.2) is 48.3 Å². The van der Waals surface area contributed by atoms with Gasteiger partial charge in [0.1, 0.15) is 11.6 Å². The third-order valence-corrected chi connectivity index (χ3v) is 4.12. The fourth-order valence-electron chi connectivity index (χ4n) is 2.57. The van der Waals surface area contributed by atoms with Crippen molar-refractivity contribution in [2.24, 2.45) is 0 Å². The van der Waals surface area contributed by atoms with E-state index in [4.69, 9.17) is 0 Å². The zero-order valence-corrected chi connectivity index (χ0v) is 14.8. The van der Waals surface area contributed by atoms with Crippen LogP contribution in [0.5, 0.6) is 0 Å². The Morgan fingerprint density at radius 1 is 1.20 bits per heavy atom. The summed E-state index contributed by atoms with van der Waals surface area (Å²) in [6, 6.07) is 12.2. The minimum absolute atomic E-state index is 0.185. The third-order valence-electron chi connectivity index (χ3n) is 4.12. The Labute approximate surface area is 150 Å². The van der Waals surface area contributed by atoms with Gasteiger partial charge >= 0.3 is 0 Å². The molecule has 5 nitrogen and oxygen atoms in total. The number of amides is 1. The summed E-state index contributed by atoms with van der Waals surface area (Å²) in [5, 5.41) is 12.0. The van der Waals surface area contributed by atoms with E-state index in [-0.39, 0.29) is 11.5 Å². The Morgan fingerprint density at radius 2 is 1.88 bits per heavy atom. The highest BCUT2D eigenvalue weighted by atomic mass is 16.1. The van der Waals surface area contributed by atoms with Crippen LogP contribution >= 0.6 is 0 Å². The lowest BCUT2D eigenvalue weighted by molar-refractivity contribution is -0.117. The molecule has 1 fully saturated rings. The maximum absolute atomic E-state index is 12.0. The molecule has 0 atom stereocenters. The molecule has 0 radical (unpaired) electrons. The molecule has 1 amide bonds. The summed E-state index contributed by atoms with van der Waals surface area (Å²) in [5.74, 6) is -0.276. The van der Waals surface area contributed by atoms with Crippen LogP contribution in [0.1, 0.15) is 25.3 Å². The van der Waals surface area contributed by atoms with E-state index in [9.17, 15) is 10.1 Å². The summed E-state index contributed by atoms with van der Waals surface area (Å²) in [7, 11) is 0. The van der Waals surface area contributed by atoms with Gasteiger partial charge in [0.2, 0.25) is 0 Å². The highest BCUT2D eigenvalue weighted by Crippen LogP contribution is 2.08. The molecule has 0 bridgehead atoms. The van der Waals surface area contributed by atoms with Crippen molar-refractivity contribution in [1.29, 1.82) is 5.26 Å². The van der Waals surface area contributed by atoms with E-state index in [1.165, 1.54) is 5.56 Å². The van der Waals surface area contributed by atoms with E-state index in [2.05, 4.69) is 41.5 Å². The van der Waals surface area contributed by atoms with Crippen molar-refractivity contribution in [2.45, 2.75) is 19.8 Å². The number of rotatable bonds is 7. The van der Waals surface area contributed by atoms with Gasteiger partial charge in [0.25, 0.3) is 5.91 Å². The van der Waals surface area contributed by atoms with Gasteiger partial charge in [0.05, 0.1) is 0 Å². The van der Waals surface area contributed by atoms with Crippen LogP contribution in [0.4, 0.5) is 0 Å². The van der Waals surface area contributed by atoms with Crippen LogP contribution in [0.2, 0.25) is 0 Å². The number of unbranched alkanes of at least 4 members (excludes halogenated alkanes) is 1. The number of nitrogens with one attached hydrogen (secondary N) is 1. The number of hydrogen-bond acceptors (Lipinski definition) is 4. The topological polar surface area (TPSA) is 59.4 Å². The summed E-state index contributed by atoms with van der Waals surface area (Å²) in [5.41, 5.74) is 1.37. The van der Waals surface area contributed by atoms with Crippen molar-refractivity contribution in [1.82, 2.24) is 15.1 Å². The molecular weight excluding hydrogens is 312 g/mol. The number of hydrogen-bond donors (Lipinski definition) is 1. The van der Waals surface area contributed by atoms with Crippen molar-refractivity contribution in [3.05, 3.63) is 53.9 Å². The summed E-state index contributed by atoms with van der Waals surface area (Å²) in [6.07, 6.45) is 7.85. The van der Waals surface area contributed by atoms with E-state index in [1.807, 2.05) is 29.2 Å². The average molecular weight is 338 g/mol.